The Kier molecular flexibility index (Phi) is 2.49. The van der Waals surface area contributed by atoms with Crippen LogP contribution in [0.4, 0.5) is 0 Å². The van der Waals surface area contributed by atoms with Gasteiger partial charge in [0, 0.05) is 23.4 Å². The molecule has 0 amide bonds. The SMILES string of the molecule is O=c1cc(-c2nc(-c3ccccc3)no2)cc[nH]1. The Bertz CT molecular complexity index is 716. The Balaban J connectivity index is 2.02. The Morgan fingerprint density at radius 2 is 1.89 bits per heavy atom. The van der Waals surface area contributed by atoms with Crippen LogP contribution in [-0.4, -0.2) is 15.1 Å². The number of aromatic nitrogens is 3. The quantitative estimate of drug-likeness (QED) is 0.743. The second kappa shape index (κ2) is 4.29. The van der Waals surface area contributed by atoms with Crippen molar-refractivity contribution in [2.75, 3.05) is 0 Å². The third-order valence-electron chi connectivity index (χ3n) is 2.48. The van der Waals surface area contributed by atoms with Gasteiger partial charge in [-0.3, -0.25) is 4.79 Å². The molecule has 0 fully saturated rings. The van der Waals surface area contributed by atoms with E-state index in [-0.39, 0.29) is 5.56 Å². The van der Waals surface area contributed by atoms with Gasteiger partial charge in [-0.25, -0.2) is 0 Å². The highest BCUT2D eigenvalue weighted by molar-refractivity contribution is 5.58. The second-order valence-corrected chi connectivity index (χ2v) is 3.73. The number of nitrogens with zero attached hydrogens (tertiary/aromatic N) is 2. The molecule has 3 aromatic rings. The summed E-state index contributed by atoms with van der Waals surface area (Å²) in [5, 5.41) is 3.89. The van der Waals surface area contributed by atoms with E-state index in [9.17, 15) is 4.79 Å². The van der Waals surface area contributed by atoms with Crippen molar-refractivity contribution >= 4 is 0 Å². The average Bonchev–Trinajstić information content (AvgIpc) is 2.89. The van der Waals surface area contributed by atoms with Crippen LogP contribution < -0.4 is 5.56 Å². The third kappa shape index (κ3) is 1.93. The molecule has 0 aliphatic rings. The van der Waals surface area contributed by atoms with Crippen molar-refractivity contribution in [3.8, 4) is 22.8 Å². The lowest BCUT2D eigenvalue weighted by Gasteiger charge is -1.91. The van der Waals surface area contributed by atoms with E-state index in [0.717, 1.165) is 5.56 Å². The van der Waals surface area contributed by atoms with E-state index in [0.29, 0.717) is 17.3 Å². The first-order valence-corrected chi connectivity index (χ1v) is 5.41. The fraction of sp³-hybridized carbons (Fsp3) is 0. The smallest absolute Gasteiger partial charge is 0.258 e. The number of rotatable bonds is 2. The van der Waals surface area contributed by atoms with Crippen LogP contribution in [0.25, 0.3) is 22.8 Å². The highest BCUT2D eigenvalue weighted by Gasteiger charge is 2.10. The van der Waals surface area contributed by atoms with E-state index in [2.05, 4.69) is 15.1 Å². The number of H-pyrrole nitrogens is 1. The first kappa shape index (κ1) is 10.5. The molecular formula is C13H9N3O2. The van der Waals surface area contributed by atoms with Gasteiger partial charge in [-0.15, -0.1) is 0 Å². The van der Waals surface area contributed by atoms with Gasteiger partial charge in [-0.05, 0) is 6.07 Å². The number of hydrogen-bond donors (Lipinski definition) is 1. The lowest BCUT2D eigenvalue weighted by atomic mass is 10.2. The topological polar surface area (TPSA) is 71.8 Å². The highest BCUT2D eigenvalue weighted by Crippen LogP contribution is 2.20. The summed E-state index contributed by atoms with van der Waals surface area (Å²) < 4.78 is 5.15. The van der Waals surface area contributed by atoms with Crippen LogP contribution in [0.15, 0.2) is 58.0 Å². The minimum Gasteiger partial charge on any atom is -0.334 e. The molecule has 0 unspecified atom stereocenters. The zero-order valence-corrected chi connectivity index (χ0v) is 9.33. The van der Waals surface area contributed by atoms with Crippen molar-refractivity contribution in [3.05, 3.63) is 59.0 Å². The van der Waals surface area contributed by atoms with Gasteiger partial charge in [0.2, 0.25) is 11.4 Å². The van der Waals surface area contributed by atoms with Gasteiger partial charge < -0.3 is 9.51 Å². The lowest BCUT2D eigenvalue weighted by molar-refractivity contribution is 0.432. The van der Waals surface area contributed by atoms with Gasteiger partial charge in [0.05, 0.1) is 0 Å². The number of hydrogen-bond acceptors (Lipinski definition) is 4. The Morgan fingerprint density at radius 1 is 1.06 bits per heavy atom. The molecule has 0 atom stereocenters. The average molecular weight is 239 g/mol. The van der Waals surface area contributed by atoms with Crippen LogP contribution in [0.1, 0.15) is 0 Å². The molecule has 88 valence electrons. The lowest BCUT2D eigenvalue weighted by Crippen LogP contribution is -2.01. The van der Waals surface area contributed by atoms with Crippen LogP contribution in [-0.2, 0) is 0 Å². The predicted molar refractivity (Wildman–Crippen MR) is 65.8 cm³/mol. The van der Waals surface area contributed by atoms with Crippen LogP contribution in [0.5, 0.6) is 0 Å². The Labute approximate surface area is 102 Å². The highest BCUT2D eigenvalue weighted by atomic mass is 16.5. The van der Waals surface area contributed by atoms with Crippen molar-refractivity contribution < 1.29 is 4.52 Å². The summed E-state index contributed by atoms with van der Waals surface area (Å²) in [5.74, 6) is 0.839. The molecular weight excluding hydrogens is 230 g/mol. The normalized spacial score (nSPS) is 10.4. The molecule has 0 spiro atoms. The van der Waals surface area contributed by atoms with Gasteiger partial charge in [-0.1, -0.05) is 35.5 Å². The molecule has 0 aliphatic carbocycles. The molecule has 18 heavy (non-hydrogen) atoms. The minimum absolute atomic E-state index is 0.202. The fourth-order valence-corrected chi connectivity index (χ4v) is 1.62. The Morgan fingerprint density at radius 3 is 2.67 bits per heavy atom. The zero-order valence-electron chi connectivity index (χ0n) is 9.33. The summed E-state index contributed by atoms with van der Waals surface area (Å²) in [7, 11) is 0. The van der Waals surface area contributed by atoms with E-state index >= 15 is 0 Å². The maximum absolute atomic E-state index is 11.2. The molecule has 1 N–H and O–H groups in total. The summed E-state index contributed by atoms with van der Waals surface area (Å²) in [6, 6.07) is 12.6. The number of pyridine rings is 1. The zero-order chi connectivity index (χ0) is 12.4. The van der Waals surface area contributed by atoms with Crippen LogP contribution in [0.3, 0.4) is 0 Å². The summed E-state index contributed by atoms with van der Waals surface area (Å²) in [6.45, 7) is 0. The predicted octanol–water partition coefficient (Wildman–Crippen LogP) is 2.09. The first-order chi connectivity index (χ1) is 8.83. The summed E-state index contributed by atoms with van der Waals surface area (Å²) >= 11 is 0. The van der Waals surface area contributed by atoms with Gasteiger partial charge in [0.1, 0.15) is 0 Å². The molecule has 0 saturated carbocycles. The van der Waals surface area contributed by atoms with Gasteiger partial charge in [0.15, 0.2) is 0 Å². The molecule has 5 heteroatoms. The van der Waals surface area contributed by atoms with Crippen molar-refractivity contribution in [2.24, 2.45) is 0 Å². The largest absolute Gasteiger partial charge is 0.334 e. The minimum atomic E-state index is -0.202. The van der Waals surface area contributed by atoms with Gasteiger partial charge in [-0.2, -0.15) is 4.98 Å². The molecule has 0 saturated heterocycles. The number of benzene rings is 1. The van der Waals surface area contributed by atoms with Gasteiger partial charge >= 0.3 is 0 Å². The molecule has 2 aromatic heterocycles. The summed E-state index contributed by atoms with van der Waals surface area (Å²) in [6.07, 6.45) is 1.55. The molecule has 0 aliphatic heterocycles. The molecule has 0 bridgehead atoms. The molecule has 2 heterocycles. The van der Waals surface area contributed by atoms with Crippen LogP contribution in [0, 0.1) is 0 Å². The molecule has 3 rings (SSSR count). The Hall–Kier alpha value is -2.69. The number of aromatic amines is 1. The second-order valence-electron chi connectivity index (χ2n) is 3.73. The maximum atomic E-state index is 11.2. The fourth-order valence-electron chi connectivity index (χ4n) is 1.62. The first-order valence-electron chi connectivity index (χ1n) is 5.41. The van der Waals surface area contributed by atoms with Gasteiger partial charge in [0.25, 0.3) is 5.89 Å². The molecule has 5 nitrogen and oxygen atoms in total. The standard InChI is InChI=1S/C13H9N3O2/c17-11-8-10(6-7-14-11)13-15-12(16-18-13)9-4-2-1-3-5-9/h1-8H,(H,14,17). The van der Waals surface area contributed by atoms with E-state index < -0.39 is 0 Å². The van der Waals surface area contributed by atoms with Crippen LogP contribution >= 0.6 is 0 Å². The number of nitrogens with one attached hydrogen (secondary N) is 1. The third-order valence-corrected chi connectivity index (χ3v) is 2.48. The monoisotopic (exact) mass is 239 g/mol. The van der Waals surface area contributed by atoms with Crippen molar-refractivity contribution in [3.63, 3.8) is 0 Å². The summed E-state index contributed by atoms with van der Waals surface area (Å²) in [5.41, 5.74) is 1.28. The maximum Gasteiger partial charge on any atom is 0.258 e. The van der Waals surface area contributed by atoms with Crippen molar-refractivity contribution in [1.29, 1.82) is 0 Å². The van der Waals surface area contributed by atoms with Crippen molar-refractivity contribution in [1.82, 2.24) is 15.1 Å². The summed E-state index contributed by atoms with van der Waals surface area (Å²) in [4.78, 5) is 18.0. The van der Waals surface area contributed by atoms with E-state index in [1.807, 2.05) is 30.3 Å². The van der Waals surface area contributed by atoms with E-state index in [4.69, 9.17) is 4.52 Å². The van der Waals surface area contributed by atoms with Crippen LogP contribution in [0.2, 0.25) is 0 Å². The van der Waals surface area contributed by atoms with Crippen molar-refractivity contribution in [2.45, 2.75) is 0 Å². The van der Waals surface area contributed by atoms with E-state index in [1.165, 1.54) is 6.07 Å². The molecule has 0 radical (unpaired) electrons. The molecule has 1 aromatic carbocycles. The van der Waals surface area contributed by atoms with E-state index in [1.54, 1.807) is 12.3 Å².